The fraction of sp³-hybridized carbons (Fsp3) is 0.158. The molecule has 0 atom stereocenters. The van der Waals surface area contributed by atoms with Crippen LogP contribution in [0.3, 0.4) is 0 Å². The van der Waals surface area contributed by atoms with Gasteiger partial charge in [0, 0.05) is 17.2 Å². The molecule has 0 spiro atoms. The molecule has 0 radical (unpaired) electrons. The summed E-state index contributed by atoms with van der Waals surface area (Å²) in [6.07, 6.45) is 0.114. The first-order valence-electron chi connectivity index (χ1n) is 8.17. The lowest BCUT2D eigenvalue weighted by Crippen LogP contribution is -1.89. The van der Waals surface area contributed by atoms with E-state index in [0.29, 0.717) is 11.7 Å². The van der Waals surface area contributed by atoms with Crippen LogP contribution >= 0.6 is 0 Å². The van der Waals surface area contributed by atoms with Crippen LogP contribution in [0, 0.1) is 25.5 Å². The Morgan fingerprint density at radius 3 is 2.37 bits per heavy atom. The van der Waals surface area contributed by atoms with E-state index in [4.69, 9.17) is 8.94 Å². The third-order valence-electron chi connectivity index (χ3n) is 4.11. The molecule has 0 bridgehead atoms. The molecule has 0 saturated carbocycles. The predicted molar refractivity (Wildman–Crippen MR) is 91.7 cm³/mol. The smallest absolute Gasteiger partial charge is 0.247 e. The highest BCUT2D eigenvalue weighted by atomic mass is 19.1. The highest BCUT2D eigenvalue weighted by Crippen LogP contribution is 2.23. The van der Waals surface area contributed by atoms with E-state index < -0.39 is 11.6 Å². The molecule has 6 nitrogen and oxygen atoms in total. The van der Waals surface area contributed by atoms with E-state index in [1.807, 2.05) is 32.0 Å². The Balaban J connectivity index is 1.54. The number of hydrogen-bond donors (Lipinski definition) is 0. The fourth-order valence-corrected chi connectivity index (χ4v) is 2.57. The van der Waals surface area contributed by atoms with Gasteiger partial charge in [0.2, 0.25) is 23.5 Å². The van der Waals surface area contributed by atoms with Crippen LogP contribution in [0.1, 0.15) is 22.9 Å². The molecule has 4 aromatic rings. The van der Waals surface area contributed by atoms with Gasteiger partial charge in [0.05, 0.1) is 0 Å². The van der Waals surface area contributed by atoms with Crippen molar-refractivity contribution in [1.29, 1.82) is 0 Å². The summed E-state index contributed by atoms with van der Waals surface area (Å²) in [7, 11) is 0. The zero-order valence-corrected chi connectivity index (χ0v) is 14.5. The maximum Gasteiger partial charge on any atom is 0.247 e. The topological polar surface area (TPSA) is 77.8 Å². The lowest BCUT2D eigenvalue weighted by molar-refractivity contribution is 0.374. The minimum atomic E-state index is -0.723. The number of aromatic nitrogens is 4. The summed E-state index contributed by atoms with van der Waals surface area (Å²) >= 11 is 0. The first-order valence-corrected chi connectivity index (χ1v) is 8.17. The molecule has 0 aliphatic rings. The third kappa shape index (κ3) is 3.59. The molecule has 136 valence electrons. The highest BCUT2D eigenvalue weighted by Gasteiger charge is 2.15. The molecule has 0 fully saturated rings. The van der Waals surface area contributed by atoms with Crippen molar-refractivity contribution in [3.05, 3.63) is 70.9 Å². The van der Waals surface area contributed by atoms with Crippen molar-refractivity contribution in [3.63, 3.8) is 0 Å². The van der Waals surface area contributed by atoms with Gasteiger partial charge in [-0.25, -0.2) is 8.78 Å². The molecule has 0 unspecified atom stereocenters. The second-order valence-corrected chi connectivity index (χ2v) is 6.15. The Morgan fingerprint density at radius 1 is 0.852 bits per heavy atom. The van der Waals surface area contributed by atoms with Crippen LogP contribution in [0.15, 0.2) is 45.3 Å². The molecule has 8 heteroatoms. The van der Waals surface area contributed by atoms with E-state index in [1.54, 1.807) is 0 Å². The van der Waals surface area contributed by atoms with Crippen LogP contribution in [-0.2, 0) is 6.42 Å². The normalized spacial score (nSPS) is 11.1. The number of benzene rings is 2. The van der Waals surface area contributed by atoms with Gasteiger partial charge in [0.1, 0.15) is 18.1 Å². The summed E-state index contributed by atoms with van der Waals surface area (Å²) in [5.41, 5.74) is 3.31. The van der Waals surface area contributed by atoms with E-state index >= 15 is 0 Å². The number of rotatable bonds is 4. The van der Waals surface area contributed by atoms with Gasteiger partial charge in [-0.05, 0) is 43.2 Å². The monoisotopic (exact) mass is 368 g/mol. The Hall–Kier alpha value is -3.42. The second kappa shape index (κ2) is 6.71. The lowest BCUT2D eigenvalue weighted by atomic mass is 10.1. The van der Waals surface area contributed by atoms with Crippen LogP contribution in [0.2, 0.25) is 0 Å². The number of nitrogens with zero attached hydrogens (tertiary/aromatic N) is 4. The summed E-state index contributed by atoms with van der Waals surface area (Å²) in [6, 6.07) is 8.89. The summed E-state index contributed by atoms with van der Waals surface area (Å²) < 4.78 is 37.3. The Morgan fingerprint density at radius 2 is 1.63 bits per heavy atom. The fourth-order valence-electron chi connectivity index (χ4n) is 2.57. The number of hydrogen-bond acceptors (Lipinski definition) is 6. The third-order valence-corrected chi connectivity index (χ3v) is 4.11. The zero-order valence-electron chi connectivity index (χ0n) is 14.5. The van der Waals surface area contributed by atoms with Gasteiger partial charge in [-0.15, -0.1) is 10.2 Å². The molecule has 0 N–H and O–H groups in total. The number of halogens is 2. The summed E-state index contributed by atoms with van der Waals surface area (Å²) in [5, 5.41) is 11.6. The zero-order chi connectivity index (χ0) is 19.0. The van der Waals surface area contributed by atoms with Crippen LogP contribution in [0.25, 0.3) is 22.8 Å². The van der Waals surface area contributed by atoms with Gasteiger partial charge >= 0.3 is 0 Å². The molecule has 2 heterocycles. The first kappa shape index (κ1) is 17.0. The van der Waals surface area contributed by atoms with Gasteiger partial charge in [0.25, 0.3) is 0 Å². The van der Waals surface area contributed by atoms with Crippen molar-refractivity contribution >= 4 is 0 Å². The van der Waals surface area contributed by atoms with E-state index in [9.17, 15) is 8.78 Å². The second-order valence-electron chi connectivity index (χ2n) is 6.15. The minimum absolute atomic E-state index is 0.0114. The van der Waals surface area contributed by atoms with Gasteiger partial charge in [0.15, 0.2) is 0 Å². The summed E-state index contributed by atoms with van der Waals surface area (Å²) in [4.78, 5) is 4.33. The maximum atomic E-state index is 13.3. The molecular formula is C19H14F2N4O2. The van der Waals surface area contributed by atoms with Gasteiger partial charge < -0.3 is 8.94 Å². The Kier molecular flexibility index (Phi) is 4.23. The molecule has 2 aromatic heterocycles. The largest absolute Gasteiger partial charge is 0.420 e. The van der Waals surface area contributed by atoms with Crippen LogP contribution < -0.4 is 0 Å². The Bertz CT molecular complexity index is 1100. The maximum absolute atomic E-state index is 13.3. The minimum Gasteiger partial charge on any atom is -0.420 e. The molecule has 27 heavy (non-hydrogen) atoms. The quantitative estimate of drug-likeness (QED) is 0.535. The summed E-state index contributed by atoms with van der Waals surface area (Å²) in [5.74, 6) is -0.481. The van der Waals surface area contributed by atoms with Crippen LogP contribution in [0.4, 0.5) is 8.78 Å². The van der Waals surface area contributed by atoms with Gasteiger partial charge in [-0.1, -0.05) is 17.3 Å². The molecule has 2 aromatic carbocycles. The van der Waals surface area contributed by atoms with Crippen molar-refractivity contribution in [2.45, 2.75) is 20.3 Å². The van der Waals surface area contributed by atoms with E-state index in [-0.39, 0.29) is 23.8 Å². The molecule has 0 aliphatic heterocycles. The van der Waals surface area contributed by atoms with Crippen molar-refractivity contribution in [2.24, 2.45) is 0 Å². The van der Waals surface area contributed by atoms with Crippen molar-refractivity contribution in [3.8, 4) is 22.8 Å². The van der Waals surface area contributed by atoms with Gasteiger partial charge in [-0.3, -0.25) is 0 Å². The highest BCUT2D eigenvalue weighted by molar-refractivity contribution is 5.56. The van der Waals surface area contributed by atoms with E-state index in [0.717, 1.165) is 29.3 Å². The average molecular weight is 368 g/mol. The lowest BCUT2D eigenvalue weighted by Gasteiger charge is -2.00. The van der Waals surface area contributed by atoms with Crippen molar-refractivity contribution in [2.75, 3.05) is 0 Å². The van der Waals surface area contributed by atoms with Crippen LogP contribution in [-0.4, -0.2) is 20.3 Å². The van der Waals surface area contributed by atoms with Gasteiger partial charge in [-0.2, -0.15) is 4.98 Å². The standard InChI is InChI=1S/C19H14F2N4O2/c1-10-3-4-12(5-11(10)2)18-22-16(27-25-18)9-17-23-24-19(26-17)13-6-14(20)8-15(21)7-13/h3-8H,9H2,1-2H3. The van der Waals surface area contributed by atoms with Crippen molar-refractivity contribution < 1.29 is 17.7 Å². The molecular weight excluding hydrogens is 354 g/mol. The number of aryl methyl sites for hydroxylation is 2. The average Bonchev–Trinajstić information content (AvgIpc) is 3.27. The summed E-state index contributed by atoms with van der Waals surface area (Å²) in [6.45, 7) is 4.04. The molecule has 0 saturated heterocycles. The Labute approximate surface area is 152 Å². The SMILES string of the molecule is Cc1ccc(-c2noc(Cc3nnc(-c4cc(F)cc(F)c4)o3)n2)cc1C. The predicted octanol–water partition coefficient (Wildman–Crippen LogP) is 4.27. The molecule has 4 rings (SSSR count). The first-order chi connectivity index (χ1) is 13.0. The van der Waals surface area contributed by atoms with E-state index in [1.165, 1.54) is 5.56 Å². The molecule has 0 amide bonds. The van der Waals surface area contributed by atoms with E-state index in [2.05, 4.69) is 20.3 Å². The van der Waals surface area contributed by atoms with Crippen molar-refractivity contribution in [1.82, 2.24) is 20.3 Å². The molecule has 0 aliphatic carbocycles. The van der Waals surface area contributed by atoms with Crippen LogP contribution in [0.5, 0.6) is 0 Å².